The first-order chi connectivity index (χ1) is 12.7. The molecule has 1 aliphatic carbocycles. The Labute approximate surface area is 156 Å². The number of carbonyl (C=O) groups excluding carboxylic acids is 2. The van der Waals surface area contributed by atoms with Crippen molar-refractivity contribution < 1.29 is 24.4 Å². The third-order valence-electron chi connectivity index (χ3n) is 4.89. The van der Waals surface area contributed by atoms with Crippen LogP contribution in [-0.2, 0) is 9.59 Å². The Morgan fingerprint density at radius 3 is 2.33 bits per heavy atom. The fourth-order valence-electron chi connectivity index (χ4n) is 3.10. The summed E-state index contributed by atoms with van der Waals surface area (Å²) in [6.07, 6.45) is 2.21. The lowest BCUT2D eigenvalue weighted by Crippen LogP contribution is -2.56. The number of nitro groups is 1. The Kier molecular flexibility index (Phi) is 6.49. The highest BCUT2D eigenvalue weighted by Gasteiger charge is 2.42. The van der Waals surface area contributed by atoms with E-state index in [4.69, 9.17) is 0 Å². The van der Waals surface area contributed by atoms with Gasteiger partial charge in [0.1, 0.15) is 5.54 Å². The zero-order valence-electron chi connectivity index (χ0n) is 15.1. The van der Waals surface area contributed by atoms with E-state index in [9.17, 15) is 29.6 Å². The van der Waals surface area contributed by atoms with Gasteiger partial charge in [0, 0.05) is 30.7 Å². The third-order valence-corrected chi connectivity index (χ3v) is 4.89. The molecule has 0 aliphatic heterocycles. The molecule has 0 spiro atoms. The topological polar surface area (TPSA) is 139 Å². The molecule has 3 N–H and O–H groups in total. The van der Waals surface area contributed by atoms with Crippen molar-refractivity contribution in [3.8, 4) is 0 Å². The van der Waals surface area contributed by atoms with Crippen LogP contribution in [0.5, 0.6) is 0 Å². The smallest absolute Gasteiger partial charge is 0.329 e. The maximum atomic E-state index is 12.1. The van der Waals surface area contributed by atoms with E-state index in [-0.39, 0.29) is 24.2 Å². The van der Waals surface area contributed by atoms with Crippen molar-refractivity contribution >= 4 is 23.5 Å². The average molecular weight is 377 g/mol. The number of amides is 2. The van der Waals surface area contributed by atoms with E-state index in [1.165, 1.54) is 24.3 Å². The van der Waals surface area contributed by atoms with Crippen LogP contribution in [0.1, 0.15) is 49.4 Å². The molecule has 1 fully saturated rings. The molecule has 0 unspecified atom stereocenters. The minimum atomic E-state index is -1.23. The van der Waals surface area contributed by atoms with Gasteiger partial charge in [-0.05, 0) is 43.7 Å². The molecule has 9 nitrogen and oxygen atoms in total. The highest BCUT2D eigenvalue weighted by atomic mass is 16.6. The van der Waals surface area contributed by atoms with Gasteiger partial charge in [-0.2, -0.15) is 0 Å². The lowest BCUT2D eigenvalue weighted by molar-refractivity contribution is -0.384. The van der Waals surface area contributed by atoms with Crippen molar-refractivity contribution in [2.75, 3.05) is 6.54 Å². The molecule has 0 radical (unpaired) electrons. The van der Waals surface area contributed by atoms with Crippen LogP contribution in [-0.4, -0.2) is 39.9 Å². The van der Waals surface area contributed by atoms with Crippen molar-refractivity contribution in [2.24, 2.45) is 5.92 Å². The molecule has 1 saturated carbocycles. The third kappa shape index (κ3) is 5.25. The number of carbonyl (C=O) groups is 3. The Morgan fingerprint density at radius 1 is 1.22 bits per heavy atom. The highest BCUT2D eigenvalue weighted by Crippen LogP contribution is 2.32. The van der Waals surface area contributed by atoms with Crippen LogP contribution in [0.4, 0.5) is 5.69 Å². The van der Waals surface area contributed by atoms with Crippen LogP contribution in [0.15, 0.2) is 24.3 Å². The standard InChI is InChI=1S/C18H23N3O6/c1-12-6-9-18(10-7-12,17(24)25)20-15(22)8-11-19-16(23)13-2-4-14(5-3-13)21(26)27/h2-5,12H,6-11H2,1H3,(H,19,23)(H,20,22)(H,24,25). The quantitative estimate of drug-likeness (QED) is 0.490. The maximum absolute atomic E-state index is 12.1. The first kappa shape index (κ1) is 20.3. The summed E-state index contributed by atoms with van der Waals surface area (Å²) in [7, 11) is 0. The van der Waals surface area contributed by atoms with E-state index in [2.05, 4.69) is 17.6 Å². The fraction of sp³-hybridized carbons (Fsp3) is 0.500. The lowest BCUT2D eigenvalue weighted by Gasteiger charge is -2.36. The molecule has 0 saturated heterocycles. The predicted molar refractivity (Wildman–Crippen MR) is 96.2 cm³/mol. The summed E-state index contributed by atoms with van der Waals surface area (Å²) in [4.78, 5) is 45.8. The second kappa shape index (κ2) is 8.61. The highest BCUT2D eigenvalue weighted by molar-refractivity contribution is 5.94. The Hall–Kier alpha value is -2.97. The summed E-state index contributed by atoms with van der Waals surface area (Å²) in [5.74, 6) is -1.49. The minimum absolute atomic E-state index is 0.0355. The molecule has 1 aliphatic rings. The second-order valence-corrected chi connectivity index (χ2v) is 6.93. The van der Waals surface area contributed by atoms with Crippen LogP contribution < -0.4 is 10.6 Å². The van der Waals surface area contributed by atoms with Gasteiger partial charge in [0.2, 0.25) is 5.91 Å². The molecule has 27 heavy (non-hydrogen) atoms. The van der Waals surface area contributed by atoms with E-state index in [0.717, 1.165) is 12.8 Å². The van der Waals surface area contributed by atoms with E-state index in [1.807, 2.05) is 0 Å². The van der Waals surface area contributed by atoms with Gasteiger partial charge >= 0.3 is 5.97 Å². The van der Waals surface area contributed by atoms with Gasteiger partial charge in [0.05, 0.1) is 4.92 Å². The Bertz CT molecular complexity index is 723. The first-order valence-electron chi connectivity index (χ1n) is 8.80. The lowest BCUT2D eigenvalue weighted by atomic mass is 9.77. The molecule has 9 heteroatoms. The number of carboxylic acid groups (broad SMARTS) is 1. The summed E-state index contributed by atoms with van der Waals surface area (Å²) in [5, 5.41) is 25.3. The molecular weight excluding hydrogens is 354 g/mol. The normalized spacial score (nSPS) is 21.9. The number of benzene rings is 1. The van der Waals surface area contributed by atoms with Crippen molar-refractivity contribution in [2.45, 2.75) is 44.6 Å². The van der Waals surface area contributed by atoms with Crippen LogP contribution in [0, 0.1) is 16.0 Å². The number of hydrogen-bond acceptors (Lipinski definition) is 5. The van der Waals surface area contributed by atoms with E-state index in [0.29, 0.717) is 18.8 Å². The summed E-state index contributed by atoms with van der Waals surface area (Å²) in [5.41, 5.74) is -1.11. The van der Waals surface area contributed by atoms with Crippen molar-refractivity contribution in [3.63, 3.8) is 0 Å². The van der Waals surface area contributed by atoms with Crippen molar-refractivity contribution in [1.82, 2.24) is 10.6 Å². The van der Waals surface area contributed by atoms with Crippen LogP contribution in [0.3, 0.4) is 0 Å². The van der Waals surface area contributed by atoms with Crippen molar-refractivity contribution in [3.05, 3.63) is 39.9 Å². The van der Waals surface area contributed by atoms with E-state index < -0.39 is 28.2 Å². The zero-order chi connectivity index (χ0) is 20.0. The van der Waals surface area contributed by atoms with Crippen LogP contribution in [0.25, 0.3) is 0 Å². The van der Waals surface area contributed by atoms with Gasteiger partial charge in [0.25, 0.3) is 11.6 Å². The summed E-state index contributed by atoms with van der Waals surface area (Å²) in [6.45, 7) is 2.09. The number of hydrogen-bond donors (Lipinski definition) is 3. The first-order valence-corrected chi connectivity index (χ1v) is 8.80. The molecule has 2 amide bonds. The Morgan fingerprint density at radius 2 is 1.81 bits per heavy atom. The number of carboxylic acids is 1. The molecule has 2 rings (SSSR count). The van der Waals surface area contributed by atoms with Gasteiger partial charge < -0.3 is 15.7 Å². The molecule has 0 heterocycles. The van der Waals surface area contributed by atoms with Gasteiger partial charge in [-0.1, -0.05) is 6.92 Å². The maximum Gasteiger partial charge on any atom is 0.329 e. The monoisotopic (exact) mass is 377 g/mol. The van der Waals surface area contributed by atoms with Gasteiger partial charge in [-0.3, -0.25) is 19.7 Å². The number of rotatable bonds is 7. The molecular formula is C18H23N3O6. The van der Waals surface area contributed by atoms with Crippen LogP contribution >= 0.6 is 0 Å². The predicted octanol–water partition coefficient (Wildman–Crippen LogP) is 1.86. The molecule has 1 aromatic rings. The van der Waals surface area contributed by atoms with Crippen LogP contribution in [0.2, 0.25) is 0 Å². The van der Waals surface area contributed by atoms with E-state index >= 15 is 0 Å². The zero-order valence-corrected chi connectivity index (χ0v) is 15.1. The van der Waals surface area contributed by atoms with Gasteiger partial charge in [-0.25, -0.2) is 4.79 Å². The molecule has 0 bridgehead atoms. The van der Waals surface area contributed by atoms with E-state index in [1.54, 1.807) is 0 Å². The molecule has 1 aromatic carbocycles. The number of nitrogens with one attached hydrogen (secondary N) is 2. The summed E-state index contributed by atoms with van der Waals surface area (Å²) >= 11 is 0. The fourth-order valence-corrected chi connectivity index (χ4v) is 3.10. The SMILES string of the molecule is CC1CCC(NC(=O)CCNC(=O)c2ccc([N+](=O)[O-])cc2)(C(=O)O)CC1. The summed E-state index contributed by atoms with van der Waals surface area (Å²) < 4.78 is 0. The molecule has 0 aromatic heterocycles. The van der Waals surface area contributed by atoms with Gasteiger partial charge in [-0.15, -0.1) is 0 Å². The minimum Gasteiger partial charge on any atom is -0.480 e. The van der Waals surface area contributed by atoms with Gasteiger partial charge in [0.15, 0.2) is 0 Å². The molecule has 0 atom stereocenters. The number of aliphatic carboxylic acids is 1. The van der Waals surface area contributed by atoms with Crippen molar-refractivity contribution in [1.29, 1.82) is 0 Å². The second-order valence-electron chi connectivity index (χ2n) is 6.93. The Balaban J connectivity index is 1.83. The number of nitrogens with zero attached hydrogens (tertiary/aromatic N) is 1. The molecule has 146 valence electrons. The summed E-state index contributed by atoms with van der Waals surface area (Å²) in [6, 6.07) is 5.11. The number of nitro benzene ring substituents is 1. The average Bonchev–Trinajstić information content (AvgIpc) is 2.63. The number of non-ortho nitro benzene ring substituents is 1. The largest absolute Gasteiger partial charge is 0.480 e.